The average molecular weight is 404 g/mol. The molecular weight excluding hydrogens is 385 g/mol. The van der Waals surface area contributed by atoms with Crippen LogP contribution in [0.25, 0.3) is 0 Å². The van der Waals surface area contributed by atoms with Crippen LogP contribution in [0.1, 0.15) is 18.4 Å². The Hall–Kier alpha value is -1.33. The molecule has 144 valence electrons. The number of methoxy groups -OCH3 is 3. The molecule has 6 nitrogen and oxygen atoms in total. The summed E-state index contributed by atoms with van der Waals surface area (Å²) in [5, 5.41) is 0. The van der Waals surface area contributed by atoms with Gasteiger partial charge in [-0.2, -0.15) is 25.2 Å². The van der Waals surface area contributed by atoms with Crippen molar-refractivity contribution in [3.8, 4) is 17.2 Å². The van der Waals surface area contributed by atoms with Crippen molar-refractivity contribution < 1.29 is 39.4 Å². The van der Waals surface area contributed by atoms with Crippen molar-refractivity contribution in [3.63, 3.8) is 0 Å². The monoisotopic (exact) mass is 404 g/mol. The van der Waals surface area contributed by atoms with Crippen LogP contribution in [0.4, 0.5) is 13.2 Å². The van der Waals surface area contributed by atoms with Gasteiger partial charge in [-0.3, -0.25) is 0 Å². The molecule has 0 amide bonds. The predicted molar refractivity (Wildman–Crippen MR) is 87.6 cm³/mol. The quantitative estimate of drug-likeness (QED) is 0.335. The zero-order chi connectivity index (χ0) is 19.1. The van der Waals surface area contributed by atoms with Gasteiger partial charge in [0, 0.05) is 17.8 Å². The van der Waals surface area contributed by atoms with Gasteiger partial charge in [0.05, 0.1) is 21.3 Å². The lowest BCUT2D eigenvalue weighted by Gasteiger charge is -2.15. The fraction of sp³-hybridized carbons (Fsp3) is 0.571. The first-order valence-corrected chi connectivity index (χ1v) is 9.40. The summed E-state index contributed by atoms with van der Waals surface area (Å²) >= 11 is 0.262. The van der Waals surface area contributed by atoms with Crippen molar-refractivity contribution in [1.29, 1.82) is 0 Å². The highest BCUT2D eigenvalue weighted by Gasteiger charge is 2.47. The van der Waals surface area contributed by atoms with Gasteiger partial charge in [-0.25, -0.2) is 0 Å². The SMILES string of the molecule is COc1ccc(CCCCSOS(=O)(=O)C(F)(F)F)c(OC)c1OC. The first kappa shape index (κ1) is 21.7. The zero-order valence-corrected chi connectivity index (χ0v) is 15.5. The number of alkyl halides is 3. The van der Waals surface area contributed by atoms with Crippen molar-refractivity contribution in [3.05, 3.63) is 17.7 Å². The number of unbranched alkanes of at least 4 members (excludes halogenated alkanes) is 1. The van der Waals surface area contributed by atoms with Crippen LogP contribution in [-0.2, 0) is 20.2 Å². The Bertz CT molecular complexity index is 661. The molecule has 25 heavy (non-hydrogen) atoms. The van der Waals surface area contributed by atoms with E-state index in [2.05, 4.69) is 3.63 Å². The Kier molecular flexibility index (Phi) is 8.16. The predicted octanol–water partition coefficient (Wildman–Crippen LogP) is 3.55. The maximum absolute atomic E-state index is 12.1. The molecule has 0 saturated heterocycles. The van der Waals surface area contributed by atoms with E-state index >= 15 is 0 Å². The second-order valence-electron chi connectivity index (χ2n) is 4.74. The molecule has 0 fully saturated rings. The van der Waals surface area contributed by atoms with Crippen LogP contribution in [0.5, 0.6) is 17.2 Å². The number of ether oxygens (including phenoxy) is 3. The van der Waals surface area contributed by atoms with Gasteiger partial charge in [0.25, 0.3) is 0 Å². The lowest BCUT2D eigenvalue weighted by molar-refractivity contribution is -0.0494. The number of aryl methyl sites for hydroxylation is 1. The number of rotatable bonds is 10. The summed E-state index contributed by atoms with van der Waals surface area (Å²) in [4.78, 5) is 0. The third-order valence-electron chi connectivity index (χ3n) is 3.13. The fourth-order valence-corrected chi connectivity index (χ4v) is 3.38. The van der Waals surface area contributed by atoms with Gasteiger partial charge < -0.3 is 14.2 Å². The Morgan fingerprint density at radius 1 is 1.00 bits per heavy atom. The smallest absolute Gasteiger partial charge is 0.493 e. The van der Waals surface area contributed by atoms with Crippen LogP contribution in [0, 0.1) is 0 Å². The molecule has 1 aromatic rings. The Morgan fingerprint density at radius 3 is 2.16 bits per heavy atom. The second kappa shape index (κ2) is 9.39. The highest BCUT2D eigenvalue weighted by atomic mass is 32.3. The molecule has 0 radical (unpaired) electrons. The maximum Gasteiger partial charge on any atom is 0.524 e. The van der Waals surface area contributed by atoms with E-state index < -0.39 is 15.6 Å². The first-order valence-electron chi connectivity index (χ1n) is 7.08. The minimum Gasteiger partial charge on any atom is -0.493 e. The summed E-state index contributed by atoms with van der Waals surface area (Å²) in [5.74, 6) is 1.59. The lowest BCUT2D eigenvalue weighted by Crippen LogP contribution is -2.23. The van der Waals surface area contributed by atoms with Gasteiger partial charge in [0.1, 0.15) is 0 Å². The molecule has 0 saturated carbocycles. The Balaban J connectivity index is 2.52. The molecule has 0 spiro atoms. The first-order chi connectivity index (χ1) is 11.7. The van der Waals surface area contributed by atoms with E-state index in [1.807, 2.05) is 0 Å². The maximum atomic E-state index is 12.1. The molecule has 0 aliphatic carbocycles. The second-order valence-corrected chi connectivity index (χ2v) is 7.30. The topological polar surface area (TPSA) is 71.1 Å². The summed E-state index contributed by atoms with van der Waals surface area (Å²) in [6.07, 6.45) is 1.61. The molecule has 0 unspecified atom stereocenters. The van der Waals surface area contributed by atoms with Crippen molar-refractivity contribution >= 4 is 22.2 Å². The number of benzene rings is 1. The van der Waals surface area contributed by atoms with E-state index in [1.54, 1.807) is 12.1 Å². The van der Waals surface area contributed by atoms with Gasteiger partial charge in [0.2, 0.25) is 5.75 Å². The number of halogens is 3. The van der Waals surface area contributed by atoms with Crippen LogP contribution in [0.15, 0.2) is 12.1 Å². The third kappa shape index (κ3) is 5.86. The minimum atomic E-state index is -5.55. The summed E-state index contributed by atoms with van der Waals surface area (Å²) in [7, 11) is -1.07. The lowest BCUT2D eigenvalue weighted by atomic mass is 10.1. The van der Waals surface area contributed by atoms with Crippen LogP contribution >= 0.6 is 12.0 Å². The highest BCUT2D eigenvalue weighted by Crippen LogP contribution is 2.40. The van der Waals surface area contributed by atoms with Crippen molar-refractivity contribution in [2.75, 3.05) is 27.1 Å². The highest BCUT2D eigenvalue weighted by molar-refractivity contribution is 8.04. The fourth-order valence-electron chi connectivity index (χ4n) is 1.97. The van der Waals surface area contributed by atoms with Crippen LogP contribution < -0.4 is 14.2 Å². The van der Waals surface area contributed by atoms with Crippen LogP contribution in [0.3, 0.4) is 0 Å². The number of hydrogen-bond donors (Lipinski definition) is 0. The molecule has 0 heterocycles. The third-order valence-corrected chi connectivity index (χ3v) is 5.25. The Morgan fingerprint density at radius 2 is 1.64 bits per heavy atom. The van der Waals surface area contributed by atoms with Gasteiger partial charge in [-0.1, -0.05) is 6.07 Å². The van der Waals surface area contributed by atoms with Crippen molar-refractivity contribution in [2.24, 2.45) is 0 Å². The molecule has 0 atom stereocenters. The van der Waals surface area contributed by atoms with Gasteiger partial charge >= 0.3 is 15.6 Å². The van der Waals surface area contributed by atoms with Gasteiger partial charge in [-0.15, -0.1) is 0 Å². The van der Waals surface area contributed by atoms with E-state index in [1.165, 1.54) is 21.3 Å². The average Bonchev–Trinajstić information content (AvgIpc) is 2.55. The molecular formula is C14H19F3O6S2. The van der Waals surface area contributed by atoms with Gasteiger partial charge in [0.15, 0.2) is 11.5 Å². The molecule has 1 aromatic carbocycles. The largest absolute Gasteiger partial charge is 0.524 e. The minimum absolute atomic E-state index is 0.102. The molecule has 0 aliphatic heterocycles. The van der Waals surface area contributed by atoms with Crippen molar-refractivity contribution in [1.82, 2.24) is 0 Å². The van der Waals surface area contributed by atoms with Crippen LogP contribution in [-0.4, -0.2) is 41.0 Å². The van der Waals surface area contributed by atoms with E-state index in [-0.39, 0.29) is 17.8 Å². The molecule has 0 aliphatic rings. The number of hydrogen-bond acceptors (Lipinski definition) is 7. The zero-order valence-electron chi connectivity index (χ0n) is 13.9. The normalized spacial score (nSPS) is 12.1. The molecule has 0 N–H and O–H groups in total. The standard InChI is InChI=1S/C14H19F3O6S2/c1-20-11-8-7-10(12(21-2)13(11)22-3)6-4-5-9-24-23-25(18,19)14(15,16)17/h7-8H,4-6,9H2,1-3H3. The van der Waals surface area contributed by atoms with Crippen LogP contribution in [0.2, 0.25) is 0 Å². The summed E-state index contributed by atoms with van der Waals surface area (Å²) < 4.78 is 77.3. The van der Waals surface area contributed by atoms with E-state index in [0.717, 1.165) is 5.56 Å². The van der Waals surface area contributed by atoms with E-state index in [9.17, 15) is 21.6 Å². The summed E-state index contributed by atoms with van der Waals surface area (Å²) in [5.41, 5.74) is -4.57. The molecule has 0 bridgehead atoms. The van der Waals surface area contributed by atoms with Gasteiger partial charge in [-0.05, 0) is 30.9 Å². The molecule has 0 aromatic heterocycles. The Labute approximate surface area is 148 Å². The summed E-state index contributed by atoms with van der Waals surface area (Å²) in [6.45, 7) is 0. The molecule has 11 heteroatoms. The summed E-state index contributed by atoms with van der Waals surface area (Å²) in [6, 6.07) is 3.53. The molecule has 1 rings (SSSR count). The van der Waals surface area contributed by atoms with E-state index in [4.69, 9.17) is 14.2 Å². The van der Waals surface area contributed by atoms with E-state index in [0.29, 0.717) is 36.5 Å². The van der Waals surface area contributed by atoms with Crippen molar-refractivity contribution in [2.45, 2.75) is 24.8 Å².